The number of hydrogen-bond acceptors (Lipinski definition) is 2. The lowest BCUT2D eigenvalue weighted by Gasteiger charge is -1.86. The number of aliphatic imine (C=N–C) groups is 1. The summed E-state index contributed by atoms with van der Waals surface area (Å²) in [5.41, 5.74) is 6.06. The van der Waals surface area contributed by atoms with Crippen molar-refractivity contribution in [1.29, 1.82) is 0 Å². The molecular formula is C7H14N2. The van der Waals surface area contributed by atoms with E-state index in [1.807, 2.05) is 13.1 Å². The fraction of sp³-hybridized carbons (Fsp3) is 0.571. The number of unbranched alkanes of at least 4 members (excludes halogenated alkanes) is 1. The third kappa shape index (κ3) is 5.07. The summed E-state index contributed by atoms with van der Waals surface area (Å²) in [6.45, 7) is 4.00. The van der Waals surface area contributed by atoms with Gasteiger partial charge in [-0.05, 0) is 13.3 Å². The Labute approximate surface area is 56.5 Å². The van der Waals surface area contributed by atoms with Crippen molar-refractivity contribution in [1.82, 2.24) is 0 Å². The van der Waals surface area contributed by atoms with Crippen LogP contribution in [0.2, 0.25) is 0 Å². The van der Waals surface area contributed by atoms with E-state index in [-0.39, 0.29) is 0 Å². The zero-order valence-electron chi connectivity index (χ0n) is 6.09. The van der Waals surface area contributed by atoms with Crippen LogP contribution < -0.4 is 5.73 Å². The van der Waals surface area contributed by atoms with Crippen molar-refractivity contribution in [2.45, 2.75) is 26.7 Å². The molecule has 0 aliphatic carbocycles. The Morgan fingerprint density at radius 2 is 2.33 bits per heavy atom. The number of rotatable bonds is 3. The Morgan fingerprint density at radius 3 is 2.78 bits per heavy atom. The van der Waals surface area contributed by atoms with E-state index in [0.29, 0.717) is 0 Å². The van der Waals surface area contributed by atoms with Gasteiger partial charge in [0.2, 0.25) is 0 Å². The van der Waals surface area contributed by atoms with Gasteiger partial charge in [-0.1, -0.05) is 13.3 Å². The van der Waals surface area contributed by atoms with Crippen LogP contribution >= 0.6 is 0 Å². The first-order chi connectivity index (χ1) is 4.31. The standard InChI is InChI=1S/C7H14N2/c1-3-4-5-9-7(2)6-8/h5-6H,3-4,8H2,1-2H3/b7-6-,9-5-. The lowest BCUT2D eigenvalue weighted by molar-refractivity contribution is 1.00. The molecule has 0 unspecified atom stereocenters. The van der Waals surface area contributed by atoms with Crippen LogP contribution in [-0.4, -0.2) is 6.21 Å². The maximum atomic E-state index is 5.18. The van der Waals surface area contributed by atoms with Crippen LogP contribution in [0.15, 0.2) is 16.9 Å². The molecule has 0 aliphatic rings. The van der Waals surface area contributed by atoms with Gasteiger partial charge in [-0.3, -0.25) is 4.99 Å². The minimum Gasteiger partial charge on any atom is -0.403 e. The molecule has 2 nitrogen and oxygen atoms in total. The fourth-order valence-electron chi connectivity index (χ4n) is 0.381. The van der Waals surface area contributed by atoms with Crippen LogP contribution in [-0.2, 0) is 0 Å². The van der Waals surface area contributed by atoms with Crippen molar-refractivity contribution < 1.29 is 0 Å². The van der Waals surface area contributed by atoms with Gasteiger partial charge in [0.15, 0.2) is 0 Å². The summed E-state index contributed by atoms with van der Waals surface area (Å²) in [4.78, 5) is 4.04. The number of nitrogens with two attached hydrogens (primary N) is 1. The van der Waals surface area contributed by atoms with E-state index < -0.39 is 0 Å². The van der Waals surface area contributed by atoms with E-state index in [1.54, 1.807) is 0 Å². The average Bonchev–Trinajstić information content (AvgIpc) is 1.89. The molecule has 0 saturated carbocycles. The van der Waals surface area contributed by atoms with Gasteiger partial charge < -0.3 is 5.73 Å². The van der Waals surface area contributed by atoms with Gasteiger partial charge in [0.25, 0.3) is 0 Å². The minimum atomic E-state index is 0.878. The lowest BCUT2D eigenvalue weighted by atomic mass is 10.4. The molecule has 2 heteroatoms. The second kappa shape index (κ2) is 5.35. The van der Waals surface area contributed by atoms with Gasteiger partial charge in [0.05, 0.1) is 5.70 Å². The number of nitrogens with zero attached hydrogens (tertiary/aromatic N) is 1. The van der Waals surface area contributed by atoms with Gasteiger partial charge in [0.1, 0.15) is 0 Å². The highest BCUT2D eigenvalue weighted by Gasteiger charge is 1.76. The molecule has 0 rings (SSSR count). The molecule has 0 aromatic rings. The Morgan fingerprint density at radius 1 is 1.67 bits per heavy atom. The lowest BCUT2D eigenvalue weighted by Crippen LogP contribution is -1.81. The monoisotopic (exact) mass is 126 g/mol. The molecule has 2 N–H and O–H groups in total. The van der Waals surface area contributed by atoms with Crippen molar-refractivity contribution in [3.05, 3.63) is 11.9 Å². The molecule has 0 heterocycles. The second-order valence-electron chi connectivity index (χ2n) is 1.91. The summed E-state index contributed by atoms with van der Waals surface area (Å²) in [6.07, 6.45) is 5.57. The second-order valence-corrected chi connectivity index (χ2v) is 1.91. The molecule has 0 aromatic carbocycles. The van der Waals surface area contributed by atoms with E-state index in [2.05, 4.69) is 11.9 Å². The normalized spacial score (nSPS) is 12.9. The SMILES string of the molecule is CCC/C=N\C(C)=C/N. The summed E-state index contributed by atoms with van der Waals surface area (Å²) < 4.78 is 0. The van der Waals surface area contributed by atoms with E-state index in [1.165, 1.54) is 6.20 Å². The van der Waals surface area contributed by atoms with Gasteiger partial charge in [-0.15, -0.1) is 0 Å². The van der Waals surface area contributed by atoms with Gasteiger partial charge in [-0.2, -0.15) is 0 Å². The van der Waals surface area contributed by atoms with E-state index >= 15 is 0 Å². The van der Waals surface area contributed by atoms with E-state index in [9.17, 15) is 0 Å². The Balaban J connectivity index is 3.45. The largest absolute Gasteiger partial charge is 0.403 e. The van der Waals surface area contributed by atoms with Crippen LogP contribution in [0.1, 0.15) is 26.7 Å². The molecule has 0 saturated heterocycles. The molecule has 0 aromatic heterocycles. The summed E-state index contributed by atoms with van der Waals surface area (Å²) >= 11 is 0. The number of allylic oxidation sites excluding steroid dienone is 1. The third-order valence-corrected chi connectivity index (χ3v) is 0.954. The van der Waals surface area contributed by atoms with Crippen LogP contribution in [0.3, 0.4) is 0 Å². The maximum Gasteiger partial charge on any atom is 0.0522 e. The highest BCUT2D eigenvalue weighted by atomic mass is 14.7. The average molecular weight is 126 g/mol. The topological polar surface area (TPSA) is 38.4 Å². The van der Waals surface area contributed by atoms with Crippen molar-refractivity contribution in [2.75, 3.05) is 0 Å². The molecule has 0 atom stereocenters. The summed E-state index contributed by atoms with van der Waals surface area (Å²) in [7, 11) is 0. The third-order valence-electron chi connectivity index (χ3n) is 0.954. The van der Waals surface area contributed by atoms with Crippen LogP contribution in [0.4, 0.5) is 0 Å². The van der Waals surface area contributed by atoms with Crippen LogP contribution in [0.25, 0.3) is 0 Å². The molecule has 52 valence electrons. The predicted molar refractivity (Wildman–Crippen MR) is 41.3 cm³/mol. The zero-order valence-corrected chi connectivity index (χ0v) is 6.09. The first kappa shape index (κ1) is 8.21. The molecule has 0 spiro atoms. The molecule has 0 fully saturated rings. The smallest absolute Gasteiger partial charge is 0.0522 e. The Hall–Kier alpha value is -0.790. The highest BCUT2D eigenvalue weighted by molar-refractivity contribution is 5.58. The molecule has 0 aliphatic heterocycles. The first-order valence-electron chi connectivity index (χ1n) is 3.22. The van der Waals surface area contributed by atoms with Crippen molar-refractivity contribution in [3.8, 4) is 0 Å². The molecular weight excluding hydrogens is 112 g/mol. The van der Waals surface area contributed by atoms with E-state index in [4.69, 9.17) is 5.73 Å². The zero-order chi connectivity index (χ0) is 7.11. The molecule has 0 amide bonds. The summed E-state index contributed by atoms with van der Waals surface area (Å²) in [5.74, 6) is 0. The Kier molecular flexibility index (Phi) is 4.88. The maximum absolute atomic E-state index is 5.18. The van der Waals surface area contributed by atoms with Crippen LogP contribution in [0, 0.1) is 0 Å². The van der Waals surface area contributed by atoms with E-state index in [0.717, 1.165) is 18.5 Å². The van der Waals surface area contributed by atoms with Crippen molar-refractivity contribution in [2.24, 2.45) is 10.7 Å². The van der Waals surface area contributed by atoms with Crippen LogP contribution in [0.5, 0.6) is 0 Å². The Bertz CT molecular complexity index is 114. The number of hydrogen-bond donors (Lipinski definition) is 1. The van der Waals surface area contributed by atoms with Gasteiger partial charge in [-0.25, -0.2) is 0 Å². The summed E-state index contributed by atoms with van der Waals surface area (Å²) in [6, 6.07) is 0. The summed E-state index contributed by atoms with van der Waals surface area (Å²) in [5, 5.41) is 0. The van der Waals surface area contributed by atoms with Crippen molar-refractivity contribution >= 4 is 6.21 Å². The molecule has 0 bridgehead atoms. The highest BCUT2D eigenvalue weighted by Crippen LogP contribution is 1.90. The van der Waals surface area contributed by atoms with Gasteiger partial charge >= 0.3 is 0 Å². The first-order valence-corrected chi connectivity index (χ1v) is 3.22. The van der Waals surface area contributed by atoms with Gasteiger partial charge in [0, 0.05) is 12.4 Å². The van der Waals surface area contributed by atoms with Crippen molar-refractivity contribution in [3.63, 3.8) is 0 Å². The quantitative estimate of drug-likeness (QED) is 0.574. The fourth-order valence-corrected chi connectivity index (χ4v) is 0.381. The molecule has 0 radical (unpaired) electrons. The minimum absolute atomic E-state index is 0.878. The predicted octanol–water partition coefficient (Wildman–Crippen LogP) is 1.68. The molecule has 9 heavy (non-hydrogen) atoms.